The average molecular weight is 265 g/mol. The third-order valence-corrected chi connectivity index (χ3v) is 3.60. The second kappa shape index (κ2) is 6.73. The Morgan fingerprint density at radius 2 is 2.37 bits per heavy atom. The summed E-state index contributed by atoms with van der Waals surface area (Å²) in [6.45, 7) is 4.12. The summed E-state index contributed by atoms with van der Waals surface area (Å²) in [5, 5.41) is 0. The van der Waals surface area contributed by atoms with Gasteiger partial charge in [-0.15, -0.1) is 0 Å². The Bertz CT molecular complexity index is 400. The predicted octanol–water partition coefficient (Wildman–Crippen LogP) is 1.42. The van der Waals surface area contributed by atoms with Gasteiger partial charge in [0.2, 0.25) is 0 Å². The van der Waals surface area contributed by atoms with E-state index in [0.29, 0.717) is 19.3 Å². The molecule has 2 rings (SSSR count). The summed E-state index contributed by atoms with van der Waals surface area (Å²) in [5.74, 6) is 1.73. The number of aromatic nitrogens is 1. The summed E-state index contributed by atoms with van der Waals surface area (Å²) in [6, 6.07) is 4.11. The number of nitrogens with two attached hydrogens (primary N) is 1. The minimum atomic E-state index is 0.257. The summed E-state index contributed by atoms with van der Waals surface area (Å²) >= 11 is 0. The van der Waals surface area contributed by atoms with Crippen LogP contribution in [0.5, 0.6) is 5.75 Å². The number of hydrogen-bond acceptors (Lipinski definition) is 5. The predicted molar refractivity (Wildman–Crippen MR) is 75.6 cm³/mol. The molecule has 0 spiro atoms. The van der Waals surface area contributed by atoms with Gasteiger partial charge in [-0.1, -0.05) is 0 Å². The number of methoxy groups -OCH3 is 1. The summed E-state index contributed by atoms with van der Waals surface area (Å²) in [6.07, 6.45) is 4.03. The molecule has 0 aliphatic carbocycles. The fourth-order valence-electron chi connectivity index (χ4n) is 2.60. The van der Waals surface area contributed by atoms with Crippen molar-refractivity contribution in [2.45, 2.75) is 31.9 Å². The summed E-state index contributed by atoms with van der Waals surface area (Å²) in [4.78, 5) is 6.73. The molecular formula is C14H23N3O2. The molecule has 0 aromatic carbocycles. The van der Waals surface area contributed by atoms with Gasteiger partial charge in [-0.2, -0.15) is 0 Å². The fourth-order valence-corrected chi connectivity index (χ4v) is 2.60. The first-order chi connectivity index (χ1) is 9.30. The molecule has 0 radical (unpaired) electrons. The first-order valence-corrected chi connectivity index (χ1v) is 6.87. The first kappa shape index (κ1) is 14.1. The lowest BCUT2D eigenvalue weighted by molar-refractivity contribution is 0.0706. The van der Waals surface area contributed by atoms with Crippen LogP contribution in [0.25, 0.3) is 0 Å². The molecular weight excluding hydrogens is 242 g/mol. The Hall–Kier alpha value is -1.33. The minimum absolute atomic E-state index is 0.257. The molecule has 5 heteroatoms. The zero-order chi connectivity index (χ0) is 13.7. The maximum atomic E-state index is 5.91. The molecule has 0 bridgehead atoms. The maximum absolute atomic E-state index is 5.91. The molecule has 2 unspecified atom stereocenters. The third kappa shape index (κ3) is 3.16. The third-order valence-electron chi connectivity index (χ3n) is 3.60. The van der Waals surface area contributed by atoms with Crippen molar-refractivity contribution in [3.63, 3.8) is 0 Å². The maximum Gasteiger partial charge on any atom is 0.171 e. The largest absolute Gasteiger partial charge is 0.490 e. The van der Waals surface area contributed by atoms with Gasteiger partial charge in [0.05, 0.1) is 12.7 Å². The minimum Gasteiger partial charge on any atom is -0.490 e. The number of nitrogens with zero attached hydrogens (tertiary/aromatic N) is 2. The van der Waals surface area contributed by atoms with Gasteiger partial charge in [0.25, 0.3) is 0 Å². The Morgan fingerprint density at radius 1 is 1.53 bits per heavy atom. The second-order valence-electron chi connectivity index (χ2n) is 4.72. The fraction of sp³-hybridized carbons (Fsp3) is 0.643. The summed E-state index contributed by atoms with van der Waals surface area (Å²) in [5.41, 5.74) is 5.91. The highest BCUT2D eigenvalue weighted by molar-refractivity contribution is 5.53. The van der Waals surface area contributed by atoms with Gasteiger partial charge in [-0.25, -0.2) is 4.98 Å². The van der Waals surface area contributed by atoms with E-state index in [0.717, 1.165) is 31.0 Å². The standard InChI is InChI=1S/C14H23N3O2/c1-3-19-13-5-4-7-16-14(13)17-8-6-12(18-2)9-11(17)10-15/h4-5,7,11-12H,3,6,8-10,15H2,1-2H3. The monoisotopic (exact) mass is 265 g/mol. The van der Waals surface area contributed by atoms with Crippen LogP contribution in [0.15, 0.2) is 18.3 Å². The molecule has 1 saturated heterocycles. The highest BCUT2D eigenvalue weighted by atomic mass is 16.5. The number of piperidine rings is 1. The molecule has 1 aliphatic rings. The smallest absolute Gasteiger partial charge is 0.171 e. The number of hydrogen-bond donors (Lipinski definition) is 1. The van der Waals surface area contributed by atoms with Crippen LogP contribution in [-0.2, 0) is 4.74 Å². The molecule has 2 heterocycles. The lowest BCUT2D eigenvalue weighted by Gasteiger charge is -2.39. The molecule has 0 saturated carbocycles. The highest BCUT2D eigenvalue weighted by Crippen LogP contribution is 2.31. The number of rotatable bonds is 5. The van der Waals surface area contributed by atoms with Crippen molar-refractivity contribution in [3.05, 3.63) is 18.3 Å². The van der Waals surface area contributed by atoms with Crippen LogP contribution in [0.3, 0.4) is 0 Å². The lowest BCUT2D eigenvalue weighted by atomic mass is 9.99. The van der Waals surface area contributed by atoms with Crippen molar-refractivity contribution in [3.8, 4) is 5.75 Å². The van der Waals surface area contributed by atoms with Crippen LogP contribution in [-0.4, -0.2) is 43.9 Å². The van der Waals surface area contributed by atoms with Gasteiger partial charge in [0, 0.05) is 32.4 Å². The van der Waals surface area contributed by atoms with Crippen LogP contribution in [0.1, 0.15) is 19.8 Å². The van der Waals surface area contributed by atoms with Crippen molar-refractivity contribution in [1.29, 1.82) is 0 Å². The molecule has 1 aromatic rings. The lowest BCUT2D eigenvalue weighted by Crippen LogP contribution is -2.49. The van der Waals surface area contributed by atoms with Gasteiger partial charge in [-0.3, -0.25) is 0 Å². The van der Waals surface area contributed by atoms with Crippen molar-refractivity contribution in [1.82, 2.24) is 4.98 Å². The molecule has 2 atom stereocenters. The Kier molecular flexibility index (Phi) is 4.99. The van der Waals surface area contributed by atoms with Crippen LogP contribution in [0, 0.1) is 0 Å². The van der Waals surface area contributed by atoms with E-state index in [1.165, 1.54) is 0 Å². The van der Waals surface area contributed by atoms with Gasteiger partial charge in [0.1, 0.15) is 0 Å². The van der Waals surface area contributed by atoms with E-state index in [-0.39, 0.29) is 6.04 Å². The normalized spacial score (nSPS) is 23.4. The Labute approximate surface area is 114 Å². The van der Waals surface area contributed by atoms with E-state index in [2.05, 4.69) is 9.88 Å². The van der Waals surface area contributed by atoms with Crippen molar-refractivity contribution >= 4 is 5.82 Å². The van der Waals surface area contributed by atoms with E-state index in [1.54, 1.807) is 13.3 Å². The van der Waals surface area contributed by atoms with Crippen LogP contribution >= 0.6 is 0 Å². The van der Waals surface area contributed by atoms with E-state index in [4.69, 9.17) is 15.2 Å². The molecule has 2 N–H and O–H groups in total. The molecule has 0 amide bonds. The van der Waals surface area contributed by atoms with Gasteiger partial charge >= 0.3 is 0 Å². The Balaban J connectivity index is 2.20. The van der Waals surface area contributed by atoms with Gasteiger partial charge in [-0.05, 0) is 31.9 Å². The molecule has 19 heavy (non-hydrogen) atoms. The number of anilines is 1. The van der Waals surface area contributed by atoms with Crippen LogP contribution < -0.4 is 15.4 Å². The van der Waals surface area contributed by atoms with Crippen molar-refractivity contribution in [2.24, 2.45) is 5.73 Å². The summed E-state index contributed by atoms with van der Waals surface area (Å²) < 4.78 is 11.1. The number of ether oxygens (including phenoxy) is 2. The van der Waals surface area contributed by atoms with E-state index in [1.807, 2.05) is 19.1 Å². The molecule has 1 aliphatic heterocycles. The first-order valence-electron chi connectivity index (χ1n) is 6.87. The molecule has 1 fully saturated rings. The zero-order valence-electron chi connectivity index (χ0n) is 11.7. The van der Waals surface area contributed by atoms with Crippen molar-refractivity contribution in [2.75, 3.05) is 31.7 Å². The molecule has 106 valence electrons. The van der Waals surface area contributed by atoms with Crippen LogP contribution in [0.4, 0.5) is 5.82 Å². The molecule has 5 nitrogen and oxygen atoms in total. The quantitative estimate of drug-likeness (QED) is 0.872. The van der Waals surface area contributed by atoms with E-state index >= 15 is 0 Å². The molecule has 1 aromatic heterocycles. The zero-order valence-corrected chi connectivity index (χ0v) is 11.7. The SMILES string of the molecule is CCOc1cccnc1N1CCC(OC)CC1CN. The van der Waals surface area contributed by atoms with Crippen LogP contribution in [0.2, 0.25) is 0 Å². The number of pyridine rings is 1. The second-order valence-corrected chi connectivity index (χ2v) is 4.72. The topological polar surface area (TPSA) is 60.6 Å². The Morgan fingerprint density at radius 3 is 3.05 bits per heavy atom. The van der Waals surface area contributed by atoms with Crippen molar-refractivity contribution < 1.29 is 9.47 Å². The van der Waals surface area contributed by atoms with E-state index in [9.17, 15) is 0 Å². The average Bonchev–Trinajstić information content (AvgIpc) is 2.47. The highest BCUT2D eigenvalue weighted by Gasteiger charge is 2.29. The van der Waals surface area contributed by atoms with E-state index < -0.39 is 0 Å². The van der Waals surface area contributed by atoms with Gasteiger partial charge in [0.15, 0.2) is 11.6 Å². The van der Waals surface area contributed by atoms with Gasteiger partial charge < -0.3 is 20.1 Å². The summed E-state index contributed by atoms with van der Waals surface area (Å²) in [7, 11) is 1.76.